The van der Waals surface area contributed by atoms with Crippen molar-refractivity contribution in [3.8, 4) is 6.07 Å². The lowest BCUT2D eigenvalue weighted by atomic mass is 10.2. The fraction of sp³-hybridized carbons (Fsp3) is 0.500. The van der Waals surface area contributed by atoms with Gasteiger partial charge in [0.05, 0.1) is 17.4 Å². The van der Waals surface area contributed by atoms with Gasteiger partial charge < -0.3 is 10.0 Å². The van der Waals surface area contributed by atoms with Gasteiger partial charge in [-0.25, -0.2) is 0 Å². The van der Waals surface area contributed by atoms with Crippen molar-refractivity contribution in [1.82, 2.24) is 4.98 Å². The molecule has 0 amide bonds. The molecule has 0 aromatic carbocycles. The van der Waals surface area contributed by atoms with Crippen molar-refractivity contribution in [3.63, 3.8) is 0 Å². The molecule has 1 rings (SSSR count). The van der Waals surface area contributed by atoms with Crippen LogP contribution < -0.4 is 4.90 Å². The van der Waals surface area contributed by atoms with Gasteiger partial charge in [-0.1, -0.05) is 0 Å². The molecule has 0 aliphatic carbocycles. The van der Waals surface area contributed by atoms with Gasteiger partial charge in [0, 0.05) is 26.4 Å². The van der Waals surface area contributed by atoms with E-state index in [0.29, 0.717) is 5.56 Å². The van der Waals surface area contributed by atoms with Gasteiger partial charge in [-0.2, -0.15) is 5.26 Å². The number of aromatic nitrogens is 1. The average molecular weight is 219 g/mol. The summed E-state index contributed by atoms with van der Waals surface area (Å²) in [5, 5.41) is 17.6. The van der Waals surface area contributed by atoms with Gasteiger partial charge in [-0.05, 0) is 25.3 Å². The maximum atomic E-state index is 8.94. The number of pyridine rings is 1. The summed E-state index contributed by atoms with van der Waals surface area (Å²) >= 11 is 0. The standard InChI is InChI=1S/C12H17N3O/c1-15(7-3-2-4-8-16)12-10-14-6-5-11(12)9-13/h5-6,10,16H,2-4,7-8H2,1H3. The molecule has 0 fully saturated rings. The first-order valence-electron chi connectivity index (χ1n) is 5.45. The molecule has 0 unspecified atom stereocenters. The Morgan fingerprint density at radius 3 is 2.94 bits per heavy atom. The maximum Gasteiger partial charge on any atom is 0.101 e. The highest BCUT2D eigenvalue weighted by Gasteiger charge is 2.06. The highest BCUT2D eigenvalue weighted by atomic mass is 16.2. The van der Waals surface area contributed by atoms with Crippen LogP contribution in [0.2, 0.25) is 0 Å². The number of aliphatic hydroxyl groups is 1. The number of nitriles is 1. The molecule has 0 bridgehead atoms. The van der Waals surface area contributed by atoms with E-state index in [1.807, 2.05) is 11.9 Å². The van der Waals surface area contributed by atoms with Crippen LogP contribution in [0.3, 0.4) is 0 Å². The molecular weight excluding hydrogens is 202 g/mol. The lowest BCUT2D eigenvalue weighted by Crippen LogP contribution is -2.19. The van der Waals surface area contributed by atoms with Gasteiger partial charge in [0.25, 0.3) is 0 Å². The summed E-state index contributed by atoms with van der Waals surface area (Å²) in [7, 11) is 1.96. The molecule has 0 atom stereocenters. The molecule has 1 aromatic heterocycles. The van der Waals surface area contributed by atoms with Crippen LogP contribution >= 0.6 is 0 Å². The molecule has 86 valence electrons. The van der Waals surface area contributed by atoms with Gasteiger partial charge in [-0.15, -0.1) is 0 Å². The lowest BCUT2D eigenvalue weighted by molar-refractivity contribution is 0.283. The van der Waals surface area contributed by atoms with Crippen molar-refractivity contribution in [3.05, 3.63) is 24.0 Å². The molecule has 1 aromatic rings. The summed E-state index contributed by atoms with van der Waals surface area (Å²) < 4.78 is 0. The van der Waals surface area contributed by atoms with Crippen LogP contribution in [0.5, 0.6) is 0 Å². The zero-order valence-corrected chi connectivity index (χ0v) is 9.56. The summed E-state index contributed by atoms with van der Waals surface area (Å²) in [6, 6.07) is 3.88. The second kappa shape index (κ2) is 6.81. The van der Waals surface area contributed by atoms with Crippen molar-refractivity contribution >= 4 is 5.69 Å². The van der Waals surface area contributed by atoms with E-state index in [2.05, 4.69) is 11.1 Å². The van der Waals surface area contributed by atoms with Crippen LogP contribution in [0.15, 0.2) is 18.5 Å². The molecule has 0 aliphatic heterocycles. The summed E-state index contributed by atoms with van der Waals surface area (Å²) in [6.45, 7) is 1.13. The molecular formula is C12H17N3O. The van der Waals surface area contributed by atoms with Gasteiger partial charge in [0.1, 0.15) is 6.07 Å². The molecule has 0 radical (unpaired) electrons. The number of hydrogen-bond donors (Lipinski definition) is 1. The fourth-order valence-electron chi connectivity index (χ4n) is 1.54. The first-order valence-corrected chi connectivity index (χ1v) is 5.45. The predicted molar refractivity (Wildman–Crippen MR) is 63.2 cm³/mol. The number of rotatable bonds is 6. The van der Waals surface area contributed by atoms with E-state index >= 15 is 0 Å². The minimum atomic E-state index is 0.250. The Labute approximate surface area is 96.2 Å². The highest BCUT2D eigenvalue weighted by Crippen LogP contribution is 2.16. The van der Waals surface area contributed by atoms with Crippen molar-refractivity contribution in [2.45, 2.75) is 19.3 Å². The van der Waals surface area contributed by atoms with Gasteiger partial charge >= 0.3 is 0 Å². The van der Waals surface area contributed by atoms with Crippen molar-refractivity contribution < 1.29 is 5.11 Å². The largest absolute Gasteiger partial charge is 0.396 e. The molecule has 0 aliphatic rings. The number of hydrogen-bond acceptors (Lipinski definition) is 4. The minimum absolute atomic E-state index is 0.250. The van der Waals surface area contributed by atoms with Gasteiger partial charge in [0.2, 0.25) is 0 Å². The van der Waals surface area contributed by atoms with Gasteiger partial charge in [0.15, 0.2) is 0 Å². The van der Waals surface area contributed by atoms with E-state index in [9.17, 15) is 0 Å². The van der Waals surface area contributed by atoms with Gasteiger partial charge in [-0.3, -0.25) is 4.98 Å². The highest BCUT2D eigenvalue weighted by molar-refractivity contribution is 5.56. The first kappa shape index (κ1) is 12.5. The van der Waals surface area contributed by atoms with E-state index < -0.39 is 0 Å². The molecule has 0 saturated carbocycles. The zero-order chi connectivity index (χ0) is 11.8. The number of aliphatic hydroxyl groups excluding tert-OH is 1. The van der Waals surface area contributed by atoms with Crippen LogP contribution in [0.4, 0.5) is 5.69 Å². The Morgan fingerprint density at radius 2 is 2.25 bits per heavy atom. The van der Waals surface area contributed by atoms with E-state index in [4.69, 9.17) is 10.4 Å². The Hall–Kier alpha value is -1.60. The van der Waals surface area contributed by atoms with E-state index in [0.717, 1.165) is 31.5 Å². The first-order chi connectivity index (χ1) is 7.79. The van der Waals surface area contributed by atoms with Crippen molar-refractivity contribution in [2.75, 3.05) is 25.1 Å². The lowest BCUT2D eigenvalue weighted by Gasteiger charge is -2.19. The molecule has 16 heavy (non-hydrogen) atoms. The third kappa shape index (κ3) is 3.52. The summed E-state index contributed by atoms with van der Waals surface area (Å²) in [6.07, 6.45) is 6.19. The Bertz CT molecular complexity index is 360. The number of unbranched alkanes of at least 4 members (excludes halogenated alkanes) is 2. The Morgan fingerprint density at radius 1 is 1.44 bits per heavy atom. The summed E-state index contributed by atoms with van der Waals surface area (Å²) in [5.74, 6) is 0. The van der Waals surface area contributed by atoms with Crippen LogP contribution in [0.1, 0.15) is 24.8 Å². The summed E-state index contributed by atoms with van der Waals surface area (Å²) in [4.78, 5) is 6.06. The van der Waals surface area contributed by atoms with Crippen molar-refractivity contribution in [2.24, 2.45) is 0 Å². The second-order valence-corrected chi connectivity index (χ2v) is 3.71. The Kier molecular flexibility index (Phi) is 5.30. The normalized spacial score (nSPS) is 9.81. The monoisotopic (exact) mass is 219 g/mol. The molecule has 1 N–H and O–H groups in total. The topological polar surface area (TPSA) is 60.1 Å². The van der Waals surface area contributed by atoms with E-state index in [1.165, 1.54) is 0 Å². The van der Waals surface area contributed by atoms with E-state index in [1.54, 1.807) is 18.5 Å². The van der Waals surface area contributed by atoms with Crippen molar-refractivity contribution in [1.29, 1.82) is 5.26 Å². The van der Waals surface area contributed by atoms with Crippen LogP contribution in [-0.4, -0.2) is 30.3 Å². The molecule has 1 heterocycles. The van der Waals surface area contributed by atoms with Crippen LogP contribution in [0, 0.1) is 11.3 Å². The smallest absolute Gasteiger partial charge is 0.101 e. The van der Waals surface area contributed by atoms with Crippen LogP contribution in [-0.2, 0) is 0 Å². The third-order valence-electron chi connectivity index (χ3n) is 2.48. The Balaban J connectivity index is 2.52. The molecule has 0 spiro atoms. The molecule has 4 heteroatoms. The maximum absolute atomic E-state index is 8.94. The summed E-state index contributed by atoms with van der Waals surface area (Å²) in [5.41, 5.74) is 1.52. The van der Waals surface area contributed by atoms with E-state index in [-0.39, 0.29) is 6.61 Å². The zero-order valence-electron chi connectivity index (χ0n) is 9.56. The molecule has 4 nitrogen and oxygen atoms in total. The minimum Gasteiger partial charge on any atom is -0.396 e. The number of anilines is 1. The second-order valence-electron chi connectivity index (χ2n) is 3.71. The third-order valence-corrected chi connectivity index (χ3v) is 2.48. The fourth-order valence-corrected chi connectivity index (χ4v) is 1.54. The predicted octanol–water partition coefficient (Wildman–Crippen LogP) is 1.55. The average Bonchev–Trinajstić information content (AvgIpc) is 2.34. The number of nitrogens with zero attached hydrogens (tertiary/aromatic N) is 3. The molecule has 0 saturated heterocycles. The van der Waals surface area contributed by atoms with Crippen LogP contribution in [0.25, 0.3) is 0 Å². The quantitative estimate of drug-likeness (QED) is 0.737. The SMILES string of the molecule is CN(CCCCCO)c1cnccc1C#N.